The Balaban J connectivity index is 0.00000147. The summed E-state index contributed by atoms with van der Waals surface area (Å²) in [7, 11) is 0. The van der Waals surface area contributed by atoms with Gasteiger partial charge in [0, 0.05) is 17.0 Å². The predicted octanol–water partition coefficient (Wildman–Crippen LogP) is 3.64. The molecule has 1 aliphatic rings. The molecule has 0 spiro atoms. The van der Waals surface area contributed by atoms with Crippen molar-refractivity contribution >= 4 is 35.0 Å². The molecule has 0 radical (unpaired) electrons. The maximum absolute atomic E-state index is 12.2. The van der Waals surface area contributed by atoms with E-state index in [0.29, 0.717) is 21.9 Å². The number of rotatable bonds is 1. The Labute approximate surface area is 128 Å². The van der Waals surface area contributed by atoms with Crippen molar-refractivity contribution in [3.8, 4) is 0 Å². The number of aryl methyl sites for hydroxylation is 1. The van der Waals surface area contributed by atoms with Crippen molar-refractivity contribution in [3.05, 3.63) is 44.8 Å². The maximum Gasteiger partial charge on any atom is 0.193 e. The van der Waals surface area contributed by atoms with Crippen LogP contribution in [0.5, 0.6) is 0 Å². The van der Waals surface area contributed by atoms with E-state index in [1.165, 1.54) is 0 Å². The molecular weight excluding hydrogens is 297 g/mol. The lowest BCUT2D eigenvalue weighted by Gasteiger charge is -2.21. The summed E-state index contributed by atoms with van der Waals surface area (Å²) >= 11 is 6.06. The Bertz CT molecular complexity index is 675. The molecule has 0 amide bonds. The van der Waals surface area contributed by atoms with Gasteiger partial charge in [-0.2, -0.15) is 0 Å². The average molecular weight is 314 g/mol. The van der Waals surface area contributed by atoms with Gasteiger partial charge in [0.25, 0.3) is 0 Å². The number of halogens is 2. The van der Waals surface area contributed by atoms with Gasteiger partial charge in [0.2, 0.25) is 0 Å². The molecule has 0 saturated carbocycles. The highest BCUT2D eigenvalue weighted by atomic mass is 35.5. The first-order chi connectivity index (χ1) is 9.15. The molecule has 0 atom stereocenters. The summed E-state index contributed by atoms with van der Waals surface area (Å²) in [5.41, 5.74) is 1.57. The molecule has 108 valence electrons. The van der Waals surface area contributed by atoms with Gasteiger partial charge in [-0.25, -0.2) is 0 Å². The van der Waals surface area contributed by atoms with Crippen LogP contribution in [0.3, 0.4) is 0 Å². The first-order valence-corrected chi connectivity index (χ1v) is 6.97. The zero-order chi connectivity index (χ0) is 13.4. The molecule has 1 saturated heterocycles. The molecule has 1 aromatic carbocycles. The third-order valence-electron chi connectivity index (χ3n) is 3.77. The number of piperidine rings is 1. The van der Waals surface area contributed by atoms with Crippen molar-refractivity contribution < 1.29 is 4.42 Å². The Morgan fingerprint density at radius 1 is 1.25 bits per heavy atom. The van der Waals surface area contributed by atoms with Gasteiger partial charge >= 0.3 is 0 Å². The topological polar surface area (TPSA) is 42.2 Å². The largest absolute Gasteiger partial charge is 0.461 e. The number of fused-ring (bicyclic) bond motifs is 1. The van der Waals surface area contributed by atoms with E-state index in [2.05, 4.69) is 5.32 Å². The Hall–Kier alpha value is -1.03. The SMILES string of the molecule is Cc1cc2oc(C3CCNCC3)cc(=O)c2cc1Cl.Cl. The van der Waals surface area contributed by atoms with E-state index in [4.69, 9.17) is 16.0 Å². The highest BCUT2D eigenvalue weighted by Crippen LogP contribution is 2.28. The van der Waals surface area contributed by atoms with Crippen LogP contribution in [0.1, 0.15) is 30.1 Å². The van der Waals surface area contributed by atoms with E-state index in [0.717, 1.165) is 37.3 Å². The van der Waals surface area contributed by atoms with Crippen LogP contribution in [-0.2, 0) is 0 Å². The molecule has 20 heavy (non-hydrogen) atoms. The molecule has 2 aromatic rings. The first kappa shape index (κ1) is 15.4. The molecule has 0 aliphatic carbocycles. The highest BCUT2D eigenvalue weighted by molar-refractivity contribution is 6.32. The molecular formula is C15H17Cl2NO2. The number of nitrogens with one attached hydrogen (secondary N) is 1. The summed E-state index contributed by atoms with van der Waals surface area (Å²) in [5.74, 6) is 1.15. The molecule has 3 nitrogen and oxygen atoms in total. The van der Waals surface area contributed by atoms with Crippen molar-refractivity contribution in [1.82, 2.24) is 5.32 Å². The van der Waals surface area contributed by atoms with Crippen LogP contribution in [0, 0.1) is 6.92 Å². The van der Waals surface area contributed by atoms with Crippen LogP contribution in [-0.4, -0.2) is 13.1 Å². The minimum Gasteiger partial charge on any atom is -0.461 e. The predicted molar refractivity (Wildman–Crippen MR) is 84.3 cm³/mol. The third kappa shape index (κ3) is 2.85. The van der Waals surface area contributed by atoms with E-state index in [9.17, 15) is 4.79 Å². The van der Waals surface area contributed by atoms with E-state index in [1.807, 2.05) is 13.0 Å². The van der Waals surface area contributed by atoms with Gasteiger partial charge in [0.1, 0.15) is 11.3 Å². The van der Waals surface area contributed by atoms with Gasteiger partial charge in [0.05, 0.1) is 5.39 Å². The smallest absolute Gasteiger partial charge is 0.193 e. The monoisotopic (exact) mass is 313 g/mol. The zero-order valence-electron chi connectivity index (χ0n) is 11.2. The second kappa shape index (κ2) is 6.17. The van der Waals surface area contributed by atoms with Crippen LogP contribution in [0.2, 0.25) is 5.02 Å². The average Bonchev–Trinajstić information content (AvgIpc) is 2.42. The molecule has 1 N–H and O–H groups in total. The van der Waals surface area contributed by atoms with Crippen molar-refractivity contribution in [2.45, 2.75) is 25.7 Å². The number of hydrogen-bond acceptors (Lipinski definition) is 3. The van der Waals surface area contributed by atoms with E-state index in [-0.39, 0.29) is 17.8 Å². The van der Waals surface area contributed by atoms with E-state index >= 15 is 0 Å². The lowest BCUT2D eigenvalue weighted by atomic mass is 9.95. The van der Waals surface area contributed by atoms with Crippen molar-refractivity contribution in [3.63, 3.8) is 0 Å². The molecule has 0 unspecified atom stereocenters. The van der Waals surface area contributed by atoms with Gasteiger partial charge in [-0.05, 0) is 50.6 Å². The minimum absolute atomic E-state index is 0. The van der Waals surface area contributed by atoms with E-state index in [1.54, 1.807) is 12.1 Å². The van der Waals surface area contributed by atoms with Crippen molar-refractivity contribution in [2.75, 3.05) is 13.1 Å². The van der Waals surface area contributed by atoms with Crippen LogP contribution in [0.15, 0.2) is 27.4 Å². The quantitative estimate of drug-likeness (QED) is 0.874. The van der Waals surface area contributed by atoms with Crippen LogP contribution < -0.4 is 10.7 Å². The second-order valence-corrected chi connectivity index (χ2v) is 5.54. The molecule has 2 heterocycles. The molecule has 0 bridgehead atoms. The summed E-state index contributed by atoms with van der Waals surface area (Å²) in [6, 6.07) is 5.18. The van der Waals surface area contributed by atoms with Crippen LogP contribution in [0.4, 0.5) is 0 Å². The Morgan fingerprint density at radius 3 is 2.65 bits per heavy atom. The fraction of sp³-hybridized carbons (Fsp3) is 0.400. The van der Waals surface area contributed by atoms with Crippen molar-refractivity contribution in [2.24, 2.45) is 0 Å². The summed E-state index contributed by atoms with van der Waals surface area (Å²) in [6.07, 6.45) is 2.03. The minimum atomic E-state index is -0.00307. The van der Waals surface area contributed by atoms with Gasteiger partial charge < -0.3 is 9.73 Å². The maximum atomic E-state index is 12.2. The molecule has 1 aliphatic heterocycles. The fourth-order valence-corrected chi connectivity index (χ4v) is 2.77. The Morgan fingerprint density at radius 2 is 1.95 bits per heavy atom. The number of benzene rings is 1. The Kier molecular flexibility index (Phi) is 4.74. The van der Waals surface area contributed by atoms with Crippen LogP contribution >= 0.6 is 24.0 Å². The lowest BCUT2D eigenvalue weighted by Crippen LogP contribution is -2.27. The van der Waals surface area contributed by atoms with Crippen LogP contribution in [0.25, 0.3) is 11.0 Å². The number of hydrogen-bond donors (Lipinski definition) is 1. The summed E-state index contributed by atoms with van der Waals surface area (Å²) in [5, 5.41) is 4.48. The van der Waals surface area contributed by atoms with Gasteiger partial charge in [0.15, 0.2) is 5.43 Å². The molecule has 1 aromatic heterocycles. The molecule has 3 rings (SSSR count). The first-order valence-electron chi connectivity index (χ1n) is 6.60. The van der Waals surface area contributed by atoms with Gasteiger partial charge in [-0.15, -0.1) is 12.4 Å². The zero-order valence-corrected chi connectivity index (χ0v) is 12.8. The normalized spacial score (nSPS) is 16.1. The van der Waals surface area contributed by atoms with Gasteiger partial charge in [-0.1, -0.05) is 11.6 Å². The standard InChI is InChI=1S/C15H16ClNO2.ClH/c1-9-6-15-11(7-12(9)16)13(18)8-14(19-15)10-2-4-17-5-3-10;/h6-8,10,17H,2-5H2,1H3;1H. The van der Waals surface area contributed by atoms with E-state index < -0.39 is 0 Å². The fourth-order valence-electron chi connectivity index (χ4n) is 2.60. The second-order valence-electron chi connectivity index (χ2n) is 5.13. The third-order valence-corrected chi connectivity index (χ3v) is 4.18. The lowest BCUT2D eigenvalue weighted by molar-refractivity contribution is 0.392. The molecule has 1 fully saturated rings. The summed E-state index contributed by atoms with van der Waals surface area (Å²) in [4.78, 5) is 12.2. The summed E-state index contributed by atoms with van der Waals surface area (Å²) in [6.45, 7) is 3.87. The molecule has 5 heteroatoms. The highest BCUT2D eigenvalue weighted by Gasteiger charge is 2.19. The van der Waals surface area contributed by atoms with Gasteiger partial charge in [-0.3, -0.25) is 4.79 Å². The summed E-state index contributed by atoms with van der Waals surface area (Å²) < 4.78 is 5.93. The van der Waals surface area contributed by atoms with Crippen molar-refractivity contribution in [1.29, 1.82) is 0 Å².